The summed E-state index contributed by atoms with van der Waals surface area (Å²) < 4.78 is 0. The van der Waals surface area contributed by atoms with Gasteiger partial charge >= 0.3 is 59.1 Å². The predicted molar refractivity (Wildman–Crippen MR) is 16.5 cm³/mol. The van der Waals surface area contributed by atoms with Crippen LogP contribution in [0.2, 0.25) is 0 Å². The molecule has 0 atom stereocenters. The Morgan fingerprint density at radius 2 is 0.900 bits per heavy atom. The second-order valence-electron chi connectivity index (χ2n) is 0.965. The molecule has 0 amide bonds. The molecule has 0 aliphatic rings. The zero-order valence-electron chi connectivity index (χ0n) is 5.61. The molecule has 0 radical (unpaired) electrons. The van der Waals surface area contributed by atoms with Crippen molar-refractivity contribution in [2.24, 2.45) is 0 Å². The molecule has 0 bridgehead atoms. The zero-order chi connectivity index (χ0) is 5.98. The largest absolute Gasteiger partial charge is 1.00 e. The molecule has 0 aliphatic heterocycles. The summed E-state index contributed by atoms with van der Waals surface area (Å²) in [5.41, 5.74) is 0. The van der Waals surface area contributed by atoms with Crippen LogP contribution in [-0.4, -0.2) is 20.4 Å². The van der Waals surface area contributed by atoms with Crippen molar-refractivity contribution in [3.8, 4) is 12.0 Å². The second-order valence-corrected chi connectivity index (χ2v) is 0.965. The van der Waals surface area contributed by atoms with Crippen molar-refractivity contribution in [2.75, 3.05) is 0 Å². The van der Waals surface area contributed by atoms with E-state index in [1.807, 2.05) is 0 Å². The Kier molecular flexibility index (Phi) is 8.24. The van der Waals surface area contributed by atoms with E-state index >= 15 is 0 Å². The average Bonchev–Trinajstić information content (AvgIpc) is 1.77. The van der Waals surface area contributed by atoms with Crippen LogP contribution in [0.5, 0.6) is 12.0 Å². The third-order valence-corrected chi connectivity index (χ3v) is 0.442. The monoisotopic (exact) mass is 158 g/mol. The maximum Gasteiger partial charge on any atom is 1.00 e. The topological polar surface area (TPSA) is 97.7 Å². The molecule has 0 spiro atoms. The van der Waals surface area contributed by atoms with Gasteiger partial charge in [-0.05, 0) is 0 Å². The summed E-state index contributed by atoms with van der Waals surface area (Å²) in [6.07, 6.45) is 0. The smallest absolute Gasteiger partial charge is 0.842 e. The summed E-state index contributed by atoms with van der Waals surface area (Å²) >= 11 is 0. The standard InChI is InChI=1S/C2H2N4O2.2Na/c7-1-3-5-2(8)6-4-1;;/h(H,3,4,7)(H,5,6,8);;/q;2*+1/p-2. The van der Waals surface area contributed by atoms with Crippen LogP contribution in [0.15, 0.2) is 0 Å². The molecule has 42 valence electrons. The molecule has 6 nitrogen and oxygen atoms in total. The van der Waals surface area contributed by atoms with Gasteiger partial charge in [-0.3, -0.25) is 0 Å². The van der Waals surface area contributed by atoms with Crippen molar-refractivity contribution >= 4 is 0 Å². The summed E-state index contributed by atoms with van der Waals surface area (Å²) in [6, 6.07) is -1.69. The fourth-order valence-corrected chi connectivity index (χ4v) is 0.211. The van der Waals surface area contributed by atoms with Gasteiger partial charge in [0.15, 0.2) is 0 Å². The molecule has 0 N–H and O–H groups in total. The van der Waals surface area contributed by atoms with E-state index in [0.29, 0.717) is 0 Å². The molecule has 1 rings (SSSR count). The Bertz CT molecular complexity index is 158. The van der Waals surface area contributed by atoms with E-state index in [0.717, 1.165) is 0 Å². The van der Waals surface area contributed by atoms with E-state index in [2.05, 4.69) is 20.4 Å². The van der Waals surface area contributed by atoms with Crippen LogP contribution < -0.4 is 69.3 Å². The Morgan fingerprint density at radius 1 is 0.700 bits per heavy atom. The van der Waals surface area contributed by atoms with E-state index in [9.17, 15) is 10.2 Å². The molecular formula is C2N4Na2O2. The minimum atomic E-state index is -0.843. The molecule has 1 aromatic rings. The molecule has 0 unspecified atom stereocenters. The number of hydrogen-bond acceptors (Lipinski definition) is 6. The Labute approximate surface area is 101 Å². The van der Waals surface area contributed by atoms with Crippen molar-refractivity contribution < 1.29 is 69.3 Å². The van der Waals surface area contributed by atoms with Gasteiger partial charge in [0.05, 0.1) is 0 Å². The van der Waals surface area contributed by atoms with Crippen LogP contribution in [0.1, 0.15) is 0 Å². The molecule has 10 heavy (non-hydrogen) atoms. The van der Waals surface area contributed by atoms with Crippen molar-refractivity contribution in [1.29, 1.82) is 0 Å². The van der Waals surface area contributed by atoms with Crippen LogP contribution in [-0.2, 0) is 0 Å². The minimum absolute atomic E-state index is 0. The van der Waals surface area contributed by atoms with Crippen molar-refractivity contribution in [3.63, 3.8) is 0 Å². The molecule has 0 saturated heterocycles. The summed E-state index contributed by atoms with van der Waals surface area (Å²) in [7, 11) is 0. The quantitative estimate of drug-likeness (QED) is 0.348. The van der Waals surface area contributed by atoms with Crippen LogP contribution in [0.25, 0.3) is 0 Å². The van der Waals surface area contributed by atoms with Crippen LogP contribution in [0.4, 0.5) is 0 Å². The maximum atomic E-state index is 9.94. The van der Waals surface area contributed by atoms with Gasteiger partial charge in [0.2, 0.25) is 0 Å². The molecule has 0 saturated carbocycles. The number of rotatable bonds is 0. The number of hydrogen-bond donors (Lipinski definition) is 0. The van der Waals surface area contributed by atoms with Crippen molar-refractivity contribution in [3.05, 3.63) is 0 Å². The molecule has 8 heteroatoms. The van der Waals surface area contributed by atoms with Gasteiger partial charge < -0.3 is 10.2 Å². The van der Waals surface area contributed by atoms with Crippen molar-refractivity contribution in [2.45, 2.75) is 0 Å². The van der Waals surface area contributed by atoms with E-state index in [1.165, 1.54) is 0 Å². The number of aromatic nitrogens is 4. The zero-order valence-corrected chi connectivity index (χ0v) is 9.61. The van der Waals surface area contributed by atoms with Gasteiger partial charge in [-0.15, -0.1) is 20.4 Å². The van der Waals surface area contributed by atoms with E-state index in [1.54, 1.807) is 0 Å². The molecule has 0 fully saturated rings. The average molecular weight is 158 g/mol. The Balaban J connectivity index is 0. The van der Waals surface area contributed by atoms with E-state index < -0.39 is 12.0 Å². The van der Waals surface area contributed by atoms with Gasteiger partial charge in [-0.1, -0.05) is 0 Å². The summed E-state index contributed by atoms with van der Waals surface area (Å²) in [6.45, 7) is 0. The van der Waals surface area contributed by atoms with E-state index in [-0.39, 0.29) is 59.1 Å². The van der Waals surface area contributed by atoms with Crippen LogP contribution in [0, 0.1) is 0 Å². The van der Waals surface area contributed by atoms with Gasteiger partial charge in [0.25, 0.3) is 0 Å². The molecule has 0 aliphatic carbocycles. The van der Waals surface area contributed by atoms with Gasteiger partial charge in [0.1, 0.15) is 12.0 Å². The second kappa shape index (κ2) is 6.26. The minimum Gasteiger partial charge on any atom is -0.842 e. The van der Waals surface area contributed by atoms with Crippen LogP contribution >= 0.6 is 0 Å². The first-order chi connectivity index (χ1) is 3.79. The number of nitrogens with zero attached hydrogens (tertiary/aromatic N) is 4. The first-order valence-electron chi connectivity index (χ1n) is 1.70. The SMILES string of the molecule is [Na+].[Na+].[O-]c1nnc([O-])nn1. The molecule has 1 aromatic heterocycles. The van der Waals surface area contributed by atoms with Gasteiger partial charge in [-0.25, -0.2) is 0 Å². The third-order valence-electron chi connectivity index (χ3n) is 0.442. The molecule has 1 heterocycles. The van der Waals surface area contributed by atoms with Crippen molar-refractivity contribution in [1.82, 2.24) is 20.4 Å². The van der Waals surface area contributed by atoms with Crippen LogP contribution in [0.3, 0.4) is 0 Å². The fourth-order valence-electron chi connectivity index (χ4n) is 0.211. The predicted octanol–water partition coefficient (Wildman–Crippen LogP) is -8.58. The molecular weight excluding hydrogens is 158 g/mol. The summed E-state index contributed by atoms with van der Waals surface area (Å²) in [4.78, 5) is 0. The first kappa shape index (κ1) is 13.2. The maximum absolute atomic E-state index is 9.94. The summed E-state index contributed by atoms with van der Waals surface area (Å²) in [5, 5.41) is 31.0. The van der Waals surface area contributed by atoms with Gasteiger partial charge in [0, 0.05) is 0 Å². The fraction of sp³-hybridized carbons (Fsp3) is 0. The van der Waals surface area contributed by atoms with Gasteiger partial charge in [-0.2, -0.15) is 0 Å². The first-order valence-corrected chi connectivity index (χ1v) is 1.70. The summed E-state index contributed by atoms with van der Waals surface area (Å²) in [5.74, 6) is 0. The Morgan fingerprint density at radius 3 is 1.10 bits per heavy atom. The van der Waals surface area contributed by atoms with E-state index in [4.69, 9.17) is 0 Å². The normalized spacial score (nSPS) is 7.20. The third kappa shape index (κ3) is 4.37. The Hall–Kier alpha value is 0.540. The molecule has 0 aromatic carbocycles.